The monoisotopic (exact) mass is 363 g/mol. The maximum Gasteiger partial charge on any atom is 0.325 e. The highest BCUT2D eigenvalue weighted by atomic mass is 35.5. The summed E-state index contributed by atoms with van der Waals surface area (Å²) in [6, 6.07) is 12.5. The molecule has 1 heterocycles. The molecule has 3 rings (SSSR count). The highest BCUT2D eigenvalue weighted by molar-refractivity contribution is 7.81. The van der Waals surface area contributed by atoms with Crippen LogP contribution >= 0.6 is 24.2 Å². The minimum Gasteiger partial charge on any atom is -0.480 e. The third kappa shape index (κ3) is 3.29. The lowest BCUT2D eigenvalue weighted by Crippen LogP contribution is -2.05. The second-order valence-electron chi connectivity index (χ2n) is 4.98. The average molecular weight is 364 g/mol. The Bertz CT molecular complexity index is 815. The largest absolute Gasteiger partial charge is 0.480 e. The molecule has 0 aliphatic carbocycles. The number of thiol groups is 1. The van der Waals surface area contributed by atoms with Crippen LogP contribution in [0.2, 0.25) is 5.02 Å². The number of rotatable bonds is 4. The van der Waals surface area contributed by atoms with Gasteiger partial charge in [-0.3, -0.25) is 4.79 Å². The number of carboxylic acids is 1. The van der Waals surface area contributed by atoms with Crippen LogP contribution in [0.5, 0.6) is 0 Å². The zero-order chi connectivity index (χ0) is 17.3. The molecule has 7 heteroatoms. The predicted octanol–water partition coefficient (Wildman–Crippen LogP) is 4.86. The third-order valence-corrected chi connectivity index (χ3v) is 4.03. The molecule has 122 valence electrons. The van der Waals surface area contributed by atoms with E-state index in [1.807, 2.05) is 0 Å². The second kappa shape index (κ2) is 6.67. The van der Waals surface area contributed by atoms with Crippen molar-refractivity contribution in [1.82, 2.24) is 4.98 Å². The number of hydrogen-bond acceptors (Lipinski definition) is 4. The van der Waals surface area contributed by atoms with E-state index >= 15 is 0 Å². The number of aliphatic carboxylic acids is 1. The van der Waals surface area contributed by atoms with Crippen molar-refractivity contribution in [2.75, 3.05) is 0 Å². The quantitative estimate of drug-likeness (QED) is 0.650. The molecule has 24 heavy (non-hydrogen) atoms. The summed E-state index contributed by atoms with van der Waals surface area (Å²) in [5, 5.41) is 8.46. The maximum atomic E-state index is 13.2. The van der Waals surface area contributed by atoms with Gasteiger partial charge in [-0.15, -0.1) is 0 Å². The lowest BCUT2D eigenvalue weighted by Gasteiger charge is -2.02. The third-order valence-electron chi connectivity index (χ3n) is 3.34. The maximum absolute atomic E-state index is 13.2. The first-order chi connectivity index (χ1) is 11.5. The Balaban J connectivity index is 2.16. The number of oxazole rings is 1. The molecule has 0 bridgehead atoms. The van der Waals surface area contributed by atoms with Gasteiger partial charge in [0.2, 0.25) is 5.89 Å². The SMILES string of the molecule is O=C(O)C(S)c1nc(-c2ccc(F)cc2)c(-c2ccc(Cl)cc2)o1. The van der Waals surface area contributed by atoms with Gasteiger partial charge < -0.3 is 9.52 Å². The predicted molar refractivity (Wildman–Crippen MR) is 91.7 cm³/mol. The van der Waals surface area contributed by atoms with Gasteiger partial charge >= 0.3 is 5.97 Å². The lowest BCUT2D eigenvalue weighted by molar-refractivity contribution is -0.136. The fourth-order valence-electron chi connectivity index (χ4n) is 2.16. The van der Waals surface area contributed by atoms with Crippen molar-refractivity contribution in [3.8, 4) is 22.6 Å². The first-order valence-electron chi connectivity index (χ1n) is 6.89. The number of aromatic nitrogens is 1. The van der Waals surface area contributed by atoms with Gasteiger partial charge in [0, 0.05) is 16.1 Å². The first-order valence-corrected chi connectivity index (χ1v) is 7.78. The highest BCUT2D eigenvalue weighted by Crippen LogP contribution is 2.36. The van der Waals surface area contributed by atoms with Crippen LogP contribution in [-0.2, 0) is 4.79 Å². The minimum atomic E-state index is -1.20. The smallest absolute Gasteiger partial charge is 0.325 e. The fourth-order valence-corrected chi connectivity index (χ4v) is 2.40. The average Bonchev–Trinajstić information content (AvgIpc) is 3.00. The zero-order valence-electron chi connectivity index (χ0n) is 12.1. The highest BCUT2D eigenvalue weighted by Gasteiger charge is 2.25. The number of carboxylic acid groups (broad SMARTS) is 1. The number of carbonyl (C=O) groups is 1. The molecule has 0 radical (unpaired) electrons. The van der Waals surface area contributed by atoms with Crippen LogP contribution in [0.4, 0.5) is 4.39 Å². The van der Waals surface area contributed by atoms with Gasteiger partial charge in [-0.25, -0.2) is 9.37 Å². The molecule has 0 saturated heterocycles. The Kier molecular flexibility index (Phi) is 4.59. The summed E-state index contributed by atoms with van der Waals surface area (Å²) in [5.41, 5.74) is 1.68. The van der Waals surface area contributed by atoms with Crippen LogP contribution in [0, 0.1) is 5.82 Å². The Hall–Kier alpha value is -2.31. The van der Waals surface area contributed by atoms with Gasteiger partial charge in [-0.1, -0.05) is 11.6 Å². The fraction of sp³-hybridized carbons (Fsp3) is 0.0588. The molecule has 1 atom stereocenters. The van der Waals surface area contributed by atoms with Gasteiger partial charge in [0.1, 0.15) is 11.5 Å². The Morgan fingerprint density at radius 3 is 2.29 bits per heavy atom. The molecule has 3 aromatic rings. The Morgan fingerprint density at radius 2 is 1.71 bits per heavy atom. The number of nitrogens with zero attached hydrogens (tertiary/aromatic N) is 1. The van der Waals surface area contributed by atoms with Crippen LogP contribution in [0.15, 0.2) is 52.9 Å². The van der Waals surface area contributed by atoms with E-state index in [0.29, 0.717) is 27.6 Å². The first kappa shape index (κ1) is 16.5. The molecule has 0 aliphatic rings. The van der Waals surface area contributed by atoms with Gasteiger partial charge in [-0.05, 0) is 48.5 Å². The van der Waals surface area contributed by atoms with Crippen LogP contribution < -0.4 is 0 Å². The van der Waals surface area contributed by atoms with Gasteiger partial charge in [-0.2, -0.15) is 12.6 Å². The summed E-state index contributed by atoms with van der Waals surface area (Å²) in [5.74, 6) is -1.23. The number of hydrogen-bond donors (Lipinski definition) is 2. The molecule has 0 aliphatic heterocycles. The number of halogens is 2. The molecular formula is C17H11ClFNO3S. The zero-order valence-corrected chi connectivity index (χ0v) is 13.8. The topological polar surface area (TPSA) is 63.3 Å². The van der Waals surface area contributed by atoms with Crippen molar-refractivity contribution >= 4 is 30.2 Å². The molecule has 1 unspecified atom stereocenters. The van der Waals surface area contributed by atoms with Crippen molar-refractivity contribution in [2.24, 2.45) is 0 Å². The van der Waals surface area contributed by atoms with Crippen molar-refractivity contribution in [1.29, 1.82) is 0 Å². The van der Waals surface area contributed by atoms with Gasteiger partial charge in [0.15, 0.2) is 11.0 Å². The van der Waals surface area contributed by atoms with E-state index in [2.05, 4.69) is 17.6 Å². The summed E-state index contributed by atoms with van der Waals surface area (Å²) in [7, 11) is 0. The standard InChI is InChI=1S/C17H11ClFNO3S/c18-11-5-1-10(2-6-11)14-13(9-3-7-12(19)8-4-9)20-16(23-14)15(24)17(21)22/h1-8,15,24H,(H,21,22). The molecule has 4 nitrogen and oxygen atoms in total. The summed E-state index contributed by atoms with van der Waals surface area (Å²) < 4.78 is 18.8. The number of benzene rings is 2. The van der Waals surface area contributed by atoms with E-state index in [-0.39, 0.29) is 11.7 Å². The van der Waals surface area contributed by atoms with E-state index in [1.165, 1.54) is 12.1 Å². The molecule has 0 saturated carbocycles. The van der Waals surface area contributed by atoms with Crippen molar-refractivity contribution in [3.05, 3.63) is 65.3 Å². The van der Waals surface area contributed by atoms with Crippen LogP contribution in [0.25, 0.3) is 22.6 Å². The van der Waals surface area contributed by atoms with Crippen LogP contribution in [0.3, 0.4) is 0 Å². The minimum absolute atomic E-state index is 0.0462. The van der Waals surface area contributed by atoms with Crippen LogP contribution in [0.1, 0.15) is 11.1 Å². The summed E-state index contributed by atoms with van der Waals surface area (Å²) in [6.45, 7) is 0. The van der Waals surface area contributed by atoms with Crippen molar-refractivity contribution in [2.45, 2.75) is 5.25 Å². The molecule has 2 aromatic carbocycles. The Labute approximate surface area is 147 Å². The van der Waals surface area contributed by atoms with E-state index in [4.69, 9.17) is 21.1 Å². The second-order valence-corrected chi connectivity index (χ2v) is 5.94. The summed E-state index contributed by atoms with van der Waals surface area (Å²) >= 11 is 9.89. The van der Waals surface area contributed by atoms with E-state index in [9.17, 15) is 9.18 Å². The van der Waals surface area contributed by atoms with E-state index < -0.39 is 11.2 Å². The molecular weight excluding hydrogens is 353 g/mol. The lowest BCUT2D eigenvalue weighted by atomic mass is 10.1. The van der Waals surface area contributed by atoms with Crippen LogP contribution in [-0.4, -0.2) is 16.1 Å². The molecule has 1 N–H and O–H groups in total. The van der Waals surface area contributed by atoms with Crippen molar-refractivity contribution < 1.29 is 18.7 Å². The van der Waals surface area contributed by atoms with E-state index in [1.54, 1.807) is 36.4 Å². The van der Waals surface area contributed by atoms with Gasteiger partial charge in [0.25, 0.3) is 0 Å². The Morgan fingerprint density at radius 1 is 1.12 bits per heavy atom. The molecule has 0 amide bonds. The summed E-state index contributed by atoms with van der Waals surface area (Å²) in [6.07, 6.45) is 0. The van der Waals surface area contributed by atoms with Gasteiger partial charge in [0.05, 0.1) is 0 Å². The molecule has 0 fully saturated rings. The molecule has 1 aromatic heterocycles. The van der Waals surface area contributed by atoms with E-state index in [0.717, 1.165) is 0 Å². The normalized spacial score (nSPS) is 12.1. The summed E-state index contributed by atoms with van der Waals surface area (Å²) in [4.78, 5) is 15.4. The molecule has 0 spiro atoms. The van der Waals surface area contributed by atoms with Crippen molar-refractivity contribution in [3.63, 3.8) is 0 Å².